The minimum Gasteiger partial charge on any atom is -0.444 e. The second-order valence-corrected chi connectivity index (χ2v) is 10.7. The van der Waals surface area contributed by atoms with Gasteiger partial charge in [0.2, 0.25) is 5.91 Å². The fourth-order valence-corrected chi connectivity index (χ4v) is 3.68. The van der Waals surface area contributed by atoms with Gasteiger partial charge < -0.3 is 29.0 Å². The van der Waals surface area contributed by atoms with Crippen molar-refractivity contribution >= 4 is 24.6 Å². The molecule has 0 unspecified atom stereocenters. The molecule has 2 fully saturated rings. The zero-order valence-corrected chi connectivity index (χ0v) is 20.9. The van der Waals surface area contributed by atoms with Gasteiger partial charge >= 0.3 is 13.2 Å². The van der Waals surface area contributed by atoms with Gasteiger partial charge in [-0.25, -0.2) is 4.79 Å². The fraction of sp³-hybridized carbons (Fsp3) is 0.667. The molecule has 0 spiro atoms. The fourth-order valence-electron chi connectivity index (χ4n) is 3.68. The van der Waals surface area contributed by atoms with E-state index in [1.807, 2.05) is 52.0 Å². The summed E-state index contributed by atoms with van der Waals surface area (Å²) in [7, 11) is -0.449. The third-order valence-corrected chi connectivity index (χ3v) is 6.26. The molecule has 0 radical (unpaired) electrons. The van der Waals surface area contributed by atoms with Crippen molar-refractivity contribution in [3.63, 3.8) is 0 Å². The summed E-state index contributed by atoms with van der Waals surface area (Å²) in [5.74, 6) is -0.140. The van der Waals surface area contributed by atoms with Crippen molar-refractivity contribution in [3.05, 3.63) is 29.8 Å². The van der Waals surface area contributed by atoms with Gasteiger partial charge in [0.05, 0.1) is 24.4 Å². The quantitative estimate of drug-likeness (QED) is 0.679. The number of benzene rings is 1. The second-order valence-electron chi connectivity index (χ2n) is 10.7. The summed E-state index contributed by atoms with van der Waals surface area (Å²) < 4.78 is 23.0. The number of amides is 2. The molecule has 2 saturated heterocycles. The van der Waals surface area contributed by atoms with Gasteiger partial charge in [-0.15, -0.1) is 0 Å². The van der Waals surface area contributed by atoms with Crippen LogP contribution in [0.2, 0.25) is 0 Å². The van der Waals surface area contributed by atoms with Crippen molar-refractivity contribution in [3.8, 4) is 0 Å². The van der Waals surface area contributed by atoms with Gasteiger partial charge in [-0.2, -0.15) is 0 Å². The minimum absolute atomic E-state index is 0.140. The zero-order chi connectivity index (χ0) is 24.4. The van der Waals surface area contributed by atoms with Crippen LogP contribution in [0.1, 0.15) is 54.0 Å². The Hall–Kier alpha value is -2.10. The van der Waals surface area contributed by atoms with Crippen molar-refractivity contribution in [2.45, 2.75) is 77.7 Å². The average molecular weight is 460 g/mol. The van der Waals surface area contributed by atoms with E-state index in [1.54, 1.807) is 25.7 Å². The Morgan fingerprint density at radius 3 is 2.12 bits per heavy atom. The van der Waals surface area contributed by atoms with Crippen LogP contribution in [0.4, 0.5) is 4.79 Å². The van der Waals surface area contributed by atoms with E-state index in [0.717, 1.165) is 11.0 Å². The summed E-state index contributed by atoms with van der Waals surface area (Å²) in [6.45, 7) is 15.5. The lowest BCUT2D eigenvalue weighted by atomic mass is 9.78. The topological polar surface area (TPSA) is 86.3 Å². The maximum atomic E-state index is 13.2. The molecule has 0 saturated carbocycles. The molecule has 1 atom stereocenters. The van der Waals surface area contributed by atoms with Crippen molar-refractivity contribution in [2.75, 3.05) is 26.3 Å². The van der Waals surface area contributed by atoms with Gasteiger partial charge in [-0.05, 0) is 59.5 Å². The number of rotatable bonds is 5. The predicted molar refractivity (Wildman–Crippen MR) is 126 cm³/mol. The lowest BCUT2D eigenvalue weighted by molar-refractivity contribution is -0.137. The third-order valence-electron chi connectivity index (χ3n) is 6.26. The van der Waals surface area contributed by atoms with Crippen molar-refractivity contribution < 1.29 is 28.4 Å². The Balaban J connectivity index is 1.72. The molecule has 9 heteroatoms. The van der Waals surface area contributed by atoms with Crippen LogP contribution in [0.3, 0.4) is 0 Å². The van der Waals surface area contributed by atoms with Gasteiger partial charge in [0.25, 0.3) is 0 Å². The van der Waals surface area contributed by atoms with Crippen LogP contribution >= 0.6 is 0 Å². The normalized spacial score (nSPS) is 20.9. The highest BCUT2D eigenvalue weighted by Gasteiger charge is 2.51. The summed E-state index contributed by atoms with van der Waals surface area (Å²) in [5, 5.41) is 2.77. The summed E-state index contributed by atoms with van der Waals surface area (Å²) in [6, 6.07) is 7.04. The molecule has 0 aromatic heterocycles. The molecule has 0 bridgehead atoms. The van der Waals surface area contributed by atoms with Crippen molar-refractivity contribution in [1.82, 2.24) is 10.2 Å². The maximum absolute atomic E-state index is 13.2. The van der Waals surface area contributed by atoms with E-state index in [0.29, 0.717) is 32.7 Å². The third kappa shape index (κ3) is 6.49. The van der Waals surface area contributed by atoms with Crippen LogP contribution < -0.4 is 10.8 Å². The van der Waals surface area contributed by atoms with Crippen LogP contribution in [0.15, 0.2) is 24.3 Å². The number of nitrogens with zero attached hydrogens (tertiary/aromatic N) is 1. The Kier molecular flexibility index (Phi) is 7.46. The van der Waals surface area contributed by atoms with Crippen molar-refractivity contribution in [2.24, 2.45) is 0 Å². The Bertz CT molecular complexity index is 828. The molecule has 2 heterocycles. The lowest BCUT2D eigenvalue weighted by Crippen LogP contribution is -2.53. The van der Waals surface area contributed by atoms with E-state index in [4.69, 9.17) is 18.8 Å². The molecular weight excluding hydrogens is 423 g/mol. The average Bonchev–Trinajstić information content (AvgIpc) is 2.94. The van der Waals surface area contributed by atoms with Gasteiger partial charge in [-0.1, -0.05) is 24.3 Å². The number of hydrogen-bond donors (Lipinski definition) is 1. The monoisotopic (exact) mass is 460 g/mol. The molecule has 2 aliphatic heterocycles. The molecule has 1 aromatic rings. The summed E-state index contributed by atoms with van der Waals surface area (Å²) >= 11 is 0. The SMILES string of the molecule is CC(C)(C)OC(=O)N[C@@H](Cc1ccc(B2OC(C)(C)C(C)(C)O2)cc1)C(=O)N1CCOCC1. The van der Waals surface area contributed by atoms with Gasteiger partial charge in [0, 0.05) is 19.5 Å². The van der Waals surface area contributed by atoms with Crippen LogP contribution in [-0.2, 0) is 30.0 Å². The molecule has 0 aliphatic carbocycles. The number of hydrogen-bond acceptors (Lipinski definition) is 6. The van der Waals surface area contributed by atoms with Crippen molar-refractivity contribution in [1.29, 1.82) is 0 Å². The highest BCUT2D eigenvalue weighted by atomic mass is 16.7. The first-order valence-electron chi connectivity index (χ1n) is 11.6. The number of alkyl carbamates (subject to hydrolysis) is 1. The second kappa shape index (κ2) is 9.64. The molecular formula is C24H37BN2O6. The number of ether oxygens (including phenoxy) is 2. The molecule has 2 amide bonds. The number of morpholine rings is 1. The molecule has 33 heavy (non-hydrogen) atoms. The van der Waals surface area contributed by atoms with E-state index < -0.39 is 36.1 Å². The number of carbonyl (C=O) groups is 2. The van der Waals surface area contributed by atoms with E-state index in [1.165, 1.54) is 0 Å². The molecule has 3 rings (SSSR count). The highest BCUT2D eigenvalue weighted by Crippen LogP contribution is 2.36. The Morgan fingerprint density at radius 2 is 1.61 bits per heavy atom. The zero-order valence-electron chi connectivity index (χ0n) is 20.9. The first kappa shape index (κ1) is 25.5. The maximum Gasteiger partial charge on any atom is 0.494 e. The lowest BCUT2D eigenvalue weighted by Gasteiger charge is -2.32. The predicted octanol–water partition coefficient (Wildman–Crippen LogP) is 2.28. The van der Waals surface area contributed by atoms with Crippen LogP contribution in [0, 0.1) is 0 Å². The van der Waals surface area contributed by atoms with Crippen LogP contribution in [0.5, 0.6) is 0 Å². The summed E-state index contributed by atoms with van der Waals surface area (Å²) in [6.07, 6.45) is -0.262. The van der Waals surface area contributed by atoms with Gasteiger partial charge in [-0.3, -0.25) is 4.79 Å². The minimum atomic E-state index is -0.736. The summed E-state index contributed by atoms with van der Waals surface area (Å²) in [5.41, 5.74) is 0.347. The standard InChI is InChI=1S/C24H37BN2O6/c1-22(2,3)31-21(29)26-19(20(28)27-12-14-30-15-13-27)16-17-8-10-18(11-9-17)25-32-23(4,5)24(6,7)33-25/h8-11,19H,12-16H2,1-7H3,(H,26,29)/t19-/m0/s1. The van der Waals surface area contributed by atoms with E-state index in [-0.39, 0.29) is 5.91 Å². The molecule has 1 N–H and O–H groups in total. The molecule has 2 aliphatic rings. The number of carbonyl (C=O) groups excluding carboxylic acids is 2. The Morgan fingerprint density at radius 1 is 1.06 bits per heavy atom. The van der Waals surface area contributed by atoms with E-state index >= 15 is 0 Å². The van der Waals surface area contributed by atoms with Crippen LogP contribution in [-0.4, -0.2) is 73.2 Å². The summed E-state index contributed by atoms with van der Waals surface area (Å²) in [4.78, 5) is 27.3. The number of nitrogens with one attached hydrogen (secondary N) is 1. The molecule has 8 nitrogen and oxygen atoms in total. The van der Waals surface area contributed by atoms with Gasteiger partial charge in [0.1, 0.15) is 11.6 Å². The van der Waals surface area contributed by atoms with Gasteiger partial charge in [0.15, 0.2) is 0 Å². The highest BCUT2D eigenvalue weighted by molar-refractivity contribution is 6.62. The van der Waals surface area contributed by atoms with Crippen LogP contribution in [0.25, 0.3) is 0 Å². The first-order valence-corrected chi connectivity index (χ1v) is 11.6. The molecule has 1 aromatic carbocycles. The van der Waals surface area contributed by atoms with E-state index in [2.05, 4.69) is 5.32 Å². The smallest absolute Gasteiger partial charge is 0.444 e. The largest absolute Gasteiger partial charge is 0.494 e. The Labute approximate surface area is 197 Å². The van der Waals surface area contributed by atoms with E-state index in [9.17, 15) is 9.59 Å². The first-order chi connectivity index (χ1) is 15.3. The molecule has 182 valence electrons.